The summed E-state index contributed by atoms with van der Waals surface area (Å²) < 4.78 is 39.7. The van der Waals surface area contributed by atoms with Gasteiger partial charge >= 0.3 is 0 Å². The van der Waals surface area contributed by atoms with E-state index in [-0.39, 0.29) is 5.91 Å². The standard InChI is InChI=1S/C17H13F3N2O2/c18-10-1-4-12(5-2-10)22-8-7-15(17(22)24)21-16(23)13-9-11(19)3-6-14(13)20/h1-6,9,15H,7-8H2,(H,21,23)/t15-/m1/s1. The highest BCUT2D eigenvalue weighted by Crippen LogP contribution is 2.22. The highest BCUT2D eigenvalue weighted by atomic mass is 19.1. The van der Waals surface area contributed by atoms with E-state index in [0.717, 1.165) is 18.2 Å². The Balaban J connectivity index is 1.72. The topological polar surface area (TPSA) is 49.4 Å². The number of nitrogens with one attached hydrogen (secondary N) is 1. The molecule has 1 aliphatic heterocycles. The zero-order valence-corrected chi connectivity index (χ0v) is 12.4. The third kappa shape index (κ3) is 3.10. The Morgan fingerprint density at radius 1 is 1.04 bits per heavy atom. The summed E-state index contributed by atoms with van der Waals surface area (Å²) in [5, 5.41) is 2.41. The Hall–Kier alpha value is -2.83. The summed E-state index contributed by atoms with van der Waals surface area (Å²) in [5.41, 5.74) is 0.0538. The Morgan fingerprint density at radius 2 is 1.71 bits per heavy atom. The van der Waals surface area contributed by atoms with E-state index in [1.165, 1.54) is 29.2 Å². The van der Waals surface area contributed by atoms with Gasteiger partial charge in [0, 0.05) is 12.2 Å². The molecule has 2 aromatic carbocycles. The van der Waals surface area contributed by atoms with Gasteiger partial charge in [0.25, 0.3) is 5.91 Å². The van der Waals surface area contributed by atoms with Crippen LogP contribution in [0.15, 0.2) is 42.5 Å². The van der Waals surface area contributed by atoms with Gasteiger partial charge in [0.15, 0.2) is 0 Å². The summed E-state index contributed by atoms with van der Waals surface area (Å²) in [6.45, 7) is 0.334. The van der Waals surface area contributed by atoms with Crippen LogP contribution in [0.3, 0.4) is 0 Å². The summed E-state index contributed by atoms with van der Waals surface area (Å²) in [6.07, 6.45) is 0.318. The fraction of sp³-hybridized carbons (Fsp3) is 0.176. The number of anilines is 1. The van der Waals surface area contributed by atoms with Crippen molar-refractivity contribution in [1.82, 2.24) is 5.32 Å². The molecule has 0 bridgehead atoms. The van der Waals surface area contributed by atoms with E-state index >= 15 is 0 Å². The first-order valence-corrected chi connectivity index (χ1v) is 7.28. The quantitative estimate of drug-likeness (QED) is 0.938. The van der Waals surface area contributed by atoms with Gasteiger partial charge in [-0.05, 0) is 48.9 Å². The molecular formula is C17H13F3N2O2. The number of hydrogen-bond acceptors (Lipinski definition) is 2. The molecular weight excluding hydrogens is 321 g/mol. The van der Waals surface area contributed by atoms with Crippen LogP contribution >= 0.6 is 0 Å². The number of benzene rings is 2. The Labute approximate surface area is 135 Å². The SMILES string of the molecule is O=C(N[C@@H]1CCN(c2ccc(F)cc2)C1=O)c1cc(F)ccc1F. The van der Waals surface area contributed by atoms with E-state index < -0.39 is 35.0 Å². The molecule has 0 radical (unpaired) electrons. The van der Waals surface area contributed by atoms with Gasteiger partial charge in [-0.2, -0.15) is 0 Å². The van der Waals surface area contributed by atoms with Gasteiger partial charge in [0.1, 0.15) is 23.5 Å². The van der Waals surface area contributed by atoms with Crippen molar-refractivity contribution < 1.29 is 22.8 Å². The van der Waals surface area contributed by atoms with Crippen molar-refractivity contribution in [3.63, 3.8) is 0 Å². The fourth-order valence-corrected chi connectivity index (χ4v) is 2.60. The van der Waals surface area contributed by atoms with Gasteiger partial charge in [0.2, 0.25) is 5.91 Å². The van der Waals surface area contributed by atoms with Crippen molar-refractivity contribution in [1.29, 1.82) is 0 Å². The van der Waals surface area contributed by atoms with E-state index in [1.807, 2.05) is 0 Å². The second-order valence-electron chi connectivity index (χ2n) is 5.41. The molecule has 0 saturated carbocycles. The molecule has 4 nitrogen and oxygen atoms in total. The van der Waals surface area contributed by atoms with E-state index in [0.29, 0.717) is 18.7 Å². The molecule has 0 spiro atoms. The van der Waals surface area contributed by atoms with Crippen LogP contribution in [0.25, 0.3) is 0 Å². The number of carbonyl (C=O) groups is 2. The first-order valence-electron chi connectivity index (χ1n) is 7.28. The molecule has 7 heteroatoms. The van der Waals surface area contributed by atoms with Crippen molar-refractivity contribution in [3.05, 3.63) is 65.5 Å². The largest absolute Gasteiger partial charge is 0.340 e. The minimum absolute atomic E-state index is 0.318. The van der Waals surface area contributed by atoms with Crippen LogP contribution in [0.1, 0.15) is 16.8 Å². The Morgan fingerprint density at radius 3 is 2.42 bits per heavy atom. The van der Waals surface area contributed by atoms with Crippen molar-refractivity contribution in [2.75, 3.05) is 11.4 Å². The monoisotopic (exact) mass is 334 g/mol. The normalized spacial score (nSPS) is 17.2. The van der Waals surface area contributed by atoms with Crippen LogP contribution in [-0.2, 0) is 4.79 Å². The first kappa shape index (κ1) is 16.0. The average molecular weight is 334 g/mol. The number of amides is 2. The van der Waals surface area contributed by atoms with Gasteiger partial charge in [0.05, 0.1) is 5.56 Å². The number of nitrogens with zero attached hydrogens (tertiary/aromatic N) is 1. The molecule has 124 valence electrons. The highest BCUT2D eigenvalue weighted by Gasteiger charge is 2.34. The molecule has 1 saturated heterocycles. The van der Waals surface area contributed by atoms with Crippen LogP contribution in [0.4, 0.5) is 18.9 Å². The second kappa shape index (κ2) is 6.35. The molecule has 3 rings (SSSR count). The lowest BCUT2D eigenvalue weighted by Crippen LogP contribution is -2.41. The van der Waals surface area contributed by atoms with Gasteiger partial charge in [-0.25, -0.2) is 13.2 Å². The average Bonchev–Trinajstić information content (AvgIpc) is 2.91. The molecule has 24 heavy (non-hydrogen) atoms. The van der Waals surface area contributed by atoms with E-state index in [4.69, 9.17) is 0 Å². The molecule has 1 heterocycles. The summed E-state index contributed by atoms with van der Waals surface area (Å²) in [5.74, 6) is -3.27. The van der Waals surface area contributed by atoms with Crippen LogP contribution in [0.5, 0.6) is 0 Å². The number of rotatable bonds is 3. The lowest BCUT2D eigenvalue weighted by Gasteiger charge is -2.17. The molecule has 1 atom stereocenters. The van der Waals surface area contributed by atoms with Crippen LogP contribution in [0.2, 0.25) is 0 Å². The van der Waals surface area contributed by atoms with E-state index in [1.54, 1.807) is 0 Å². The molecule has 0 aromatic heterocycles. The number of carbonyl (C=O) groups excluding carboxylic acids is 2. The second-order valence-corrected chi connectivity index (χ2v) is 5.41. The van der Waals surface area contributed by atoms with Crippen LogP contribution in [-0.4, -0.2) is 24.4 Å². The maximum atomic E-state index is 13.6. The minimum Gasteiger partial charge on any atom is -0.340 e. The minimum atomic E-state index is -0.866. The molecule has 0 unspecified atom stereocenters. The molecule has 1 fully saturated rings. The molecule has 2 aromatic rings. The van der Waals surface area contributed by atoms with Crippen molar-refractivity contribution in [2.24, 2.45) is 0 Å². The zero-order chi connectivity index (χ0) is 17.3. The van der Waals surface area contributed by atoms with Crippen molar-refractivity contribution in [3.8, 4) is 0 Å². The van der Waals surface area contributed by atoms with Crippen LogP contribution < -0.4 is 10.2 Å². The predicted molar refractivity (Wildman–Crippen MR) is 81.0 cm³/mol. The molecule has 1 N–H and O–H groups in total. The maximum Gasteiger partial charge on any atom is 0.255 e. The molecule has 2 amide bonds. The third-order valence-corrected chi connectivity index (χ3v) is 3.82. The highest BCUT2D eigenvalue weighted by molar-refractivity contribution is 6.03. The van der Waals surface area contributed by atoms with E-state index in [9.17, 15) is 22.8 Å². The number of hydrogen-bond donors (Lipinski definition) is 1. The number of halogens is 3. The van der Waals surface area contributed by atoms with Crippen molar-refractivity contribution >= 4 is 17.5 Å². The molecule has 0 aliphatic carbocycles. The van der Waals surface area contributed by atoms with E-state index in [2.05, 4.69) is 5.32 Å². The van der Waals surface area contributed by atoms with Gasteiger partial charge < -0.3 is 10.2 Å². The lowest BCUT2D eigenvalue weighted by atomic mass is 10.1. The third-order valence-electron chi connectivity index (χ3n) is 3.82. The van der Waals surface area contributed by atoms with Crippen molar-refractivity contribution in [2.45, 2.75) is 12.5 Å². The summed E-state index contributed by atoms with van der Waals surface area (Å²) in [7, 11) is 0. The zero-order valence-electron chi connectivity index (χ0n) is 12.4. The smallest absolute Gasteiger partial charge is 0.255 e. The van der Waals surface area contributed by atoms with Crippen LogP contribution in [0, 0.1) is 17.5 Å². The summed E-state index contributed by atoms with van der Waals surface area (Å²) in [4.78, 5) is 25.8. The van der Waals surface area contributed by atoms with Gasteiger partial charge in [-0.1, -0.05) is 0 Å². The summed E-state index contributed by atoms with van der Waals surface area (Å²) >= 11 is 0. The van der Waals surface area contributed by atoms with Gasteiger partial charge in [-0.3, -0.25) is 9.59 Å². The Bertz CT molecular complexity index is 793. The Kier molecular flexibility index (Phi) is 4.24. The fourth-order valence-electron chi connectivity index (χ4n) is 2.60. The first-order chi connectivity index (χ1) is 11.5. The maximum absolute atomic E-state index is 13.6. The molecule has 1 aliphatic rings. The van der Waals surface area contributed by atoms with Gasteiger partial charge in [-0.15, -0.1) is 0 Å². The predicted octanol–water partition coefficient (Wildman–Crippen LogP) is 2.64. The lowest BCUT2D eigenvalue weighted by molar-refractivity contribution is -0.118. The summed E-state index contributed by atoms with van der Waals surface area (Å²) in [6, 6.07) is 7.09.